The number of benzene rings is 1. The maximum Gasteiger partial charge on any atom is 0.293 e. The number of nitrogens with one attached hydrogen (secondary N) is 1. The van der Waals surface area contributed by atoms with Crippen molar-refractivity contribution in [1.29, 1.82) is 0 Å². The maximum atomic E-state index is 11.0. The molecule has 2 aromatic rings. The average Bonchev–Trinajstić information content (AvgIpc) is 2.70. The van der Waals surface area contributed by atoms with E-state index in [4.69, 9.17) is 22.3 Å². The summed E-state index contributed by atoms with van der Waals surface area (Å²) < 4.78 is 26.5. The number of fused-ring (bicyclic) bond motifs is 1. The Hall–Kier alpha value is -1.24. The van der Waals surface area contributed by atoms with Crippen LogP contribution in [0.5, 0.6) is 0 Å². The molecule has 5 nitrogen and oxygen atoms in total. The Balaban J connectivity index is 0.000000270. The third-order valence-corrected chi connectivity index (χ3v) is 3.70. The van der Waals surface area contributed by atoms with Crippen molar-refractivity contribution < 1.29 is 17.9 Å². The monoisotopic (exact) mass is 351 g/mol. The zero-order valence-corrected chi connectivity index (χ0v) is 14.0. The Kier molecular flexibility index (Phi) is 5.67. The highest BCUT2D eigenvalue weighted by Crippen LogP contribution is 2.23. The number of aromatic nitrogens is 1. The molecule has 0 aliphatic carbocycles. The first kappa shape index (κ1) is 17.8. The van der Waals surface area contributed by atoms with Gasteiger partial charge >= 0.3 is 0 Å². The number of hydrogen-bond acceptors (Lipinski definition) is 4. The maximum absolute atomic E-state index is 11.0. The van der Waals surface area contributed by atoms with Gasteiger partial charge in [-0.1, -0.05) is 17.7 Å². The van der Waals surface area contributed by atoms with Crippen LogP contribution in [0.15, 0.2) is 29.3 Å². The number of rotatable bonds is 2. The minimum Gasteiger partial charge on any atom is -0.462 e. The highest BCUT2D eigenvalue weighted by molar-refractivity contribution is 8.13. The topological polar surface area (TPSA) is 76.2 Å². The van der Waals surface area contributed by atoms with E-state index >= 15 is 0 Å². The van der Waals surface area contributed by atoms with Gasteiger partial charge in [0.15, 0.2) is 0 Å². The first-order valence-corrected chi connectivity index (χ1v) is 8.56. The van der Waals surface area contributed by atoms with Crippen LogP contribution in [-0.4, -0.2) is 25.5 Å². The SMILES string of the molecule is CC(C)(C)OC=O.O=S(=O)(Cl)c1cc2ccc(Cl)cc2[nH]1. The summed E-state index contributed by atoms with van der Waals surface area (Å²) in [7, 11) is 1.47. The summed E-state index contributed by atoms with van der Waals surface area (Å²) in [5.41, 5.74) is 0.332. The predicted octanol–water partition coefficient (Wildman–Crippen LogP) is 3.71. The third-order valence-electron chi connectivity index (χ3n) is 2.22. The molecule has 1 N–H and O–H groups in total. The first-order valence-electron chi connectivity index (χ1n) is 5.87. The quantitative estimate of drug-likeness (QED) is 0.660. The molecule has 0 amide bonds. The summed E-state index contributed by atoms with van der Waals surface area (Å²) in [6, 6.07) is 6.51. The molecule has 1 aromatic heterocycles. The standard InChI is InChI=1S/C8H5Cl2NO2S.C5H10O2/c9-6-2-1-5-3-8(14(10,12)13)11-7(5)4-6;1-5(2,3)7-4-6/h1-4,11H;4H,1-3H3. The summed E-state index contributed by atoms with van der Waals surface area (Å²) in [6.45, 7) is 5.92. The molecular formula is C13H15Cl2NO4S. The van der Waals surface area contributed by atoms with Crippen LogP contribution in [0.4, 0.5) is 0 Å². The molecule has 0 atom stereocenters. The number of carbonyl (C=O) groups excluding carboxylic acids is 1. The van der Waals surface area contributed by atoms with Crippen LogP contribution >= 0.6 is 22.3 Å². The molecule has 116 valence electrons. The van der Waals surface area contributed by atoms with Crippen molar-refractivity contribution in [2.24, 2.45) is 0 Å². The first-order chi connectivity index (χ1) is 9.53. The molecule has 0 radical (unpaired) electrons. The molecule has 0 aliphatic heterocycles. The van der Waals surface area contributed by atoms with Crippen LogP contribution in [0.2, 0.25) is 5.02 Å². The van der Waals surface area contributed by atoms with Crippen LogP contribution in [0.25, 0.3) is 10.9 Å². The van der Waals surface area contributed by atoms with Crippen molar-refractivity contribution in [2.75, 3.05) is 0 Å². The predicted molar refractivity (Wildman–Crippen MR) is 83.2 cm³/mol. The van der Waals surface area contributed by atoms with E-state index < -0.39 is 9.05 Å². The lowest BCUT2D eigenvalue weighted by molar-refractivity contribution is -0.138. The van der Waals surface area contributed by atoms with E-state index in [1.54, 1.807) is 18.2 Å². The van der Waals surface area contributed by atoms with Gasteiger partial charge in [-0.2, -0.15) is 0 Å². The number of H-pyrrole nitrogens is 1. The second-order valence-electron chi connectivity index (χ2n) is 5.13. The molecule has 0 bridgehead atoms. The molecule has 0 saturated carbocycles. The van der Waals surface area contributed by atoms with E-state index in [9.17, 15) is 13.2 Å². The van der Waals surface area contributed by atoms with Crippen molar-refractivity contribution >= 4 is 48.7 Å². The fourth-order valence-corrected chi connectivity index (χ4v) is 2.27. The van der Waals surface area contributed by atoms with Gasteiger partial charge in [0.1, 0.15) is 10.6 Å². The fourth-order valence-electron chi connectivity index (χ4n) is 1.35. The highest BCUT2D eigenvalue weighted by Gasteiger charge is 2.13. The molecule has 0 unspecified atom stereocenters. The minimum atomic E-state index is -3.70. The molecule has 1 aromatic carbocycles. The minimum absolute atomic E-state index is 0.0172. The van der Waals surface area contributed by atoms with Gasteiger partial charge in [0.05, 0.1) is 0 Å². The largest absolute Gasteiger partial charge is 0.462 e. The van der Waals surface area contributed by atoms with E-state index in [2.05, 4.69) is 9.72 Å². The summed E-state index contributed by atoms with van der Waals surface area (Å²) in [5.74, 6) is 0. The van der Waals surface area contributed by atoms with Gasteiger partial charge in [0.2, 0.25) is 0 Å². The molecule has 0 aliphatic rings. The number of aromatic amines is 1. The third kappa shape index (κ3) is 5.95. The van der Waals surface area contributed by atoms with Gasteiger partial charge in [-0.15, -0.1) is 0 Å². The molecule has 2 rings (SSSR count). The average molecular weight is 352 g/mol. The Bertz CT molecular complexity index is 732. The van der Waals surface area contributed by atoms with Gasteiger partial charge in [-0.05, 0) is 39.0 Å². The van der Waals surface area contributed by atoms with E-state index in [-0.39, 0.29) is 10.6 Å². The van der Waals surface area contributed by atoms with Gasteiger partial charge in [-0.3, -0.25) is 4.79 Å². The van der Waals surface area contributed by atoms with Crippen molar-refractivity contribution in [2.45, 2.75) is 31.4 Å². The van der Waals surface area contributed by atoms with Gasteiger partial charge in [0, 0.05) is 26.6 Å². The zero-order valence-electron chi connectivity index (χ0n) is 11.7. The van der Waals surface area contributed by atoms with Crippen molar-refractivity contribution in [3.8, 4) is 0 Å². The van der Waals surface area contributed by atoms with Crippen LogP contribution in [0.1, 0.15) is 20.8 Å². The fraction of sp³-hybridized carbons (Fsp3) is 0.308. The van der Waals surface area contributed by atoms with Crippen LogP contribution in [0.3, 0.4) is 0 Å². The van der Waals surface area contributed by atoms with Crippen molar-refractivity contribution in [3.63, 3.8) is 0 Å². The van der Waals surface area contributed by atoms with Crippen LogP contribution < -0.4 is 0 Å². The van der Waals surface area contributed by atoms with E-state index in [0.29, 0.717) is 17.0 Å². The number of hydrogen-bond donors (Lipinski definition) is 1. The normalized spacial score (nSPS) is 11.7. The zero-order chi connectivity index (χ0) is 16.3. The molecule has 0 saturated heterocycles. The Morgan fingerprint density at radius 3 is 2.29 bits per heavy atom. The lowest BCUT2D eigenvalue weighted by Gasteiger charge is -2.14. The van der Waals surface area contributed by atoms with Crippen LogP contribution in [-0.2, 0) is 18.6 Å². The molecule has 1 heterocycles. The molecule has 0 spiro atoms. The molecule has 8 heteroatoms. The Morgan fingerprint density at radius 1 is 1.24 bits per heavy atom. The van der Waals surface area contributed by atoms with E-state index in [1.165, 1.54) is 6.07 Å². The highest BCUT2D eigenvalue weighted by atomic mass is 35.7. The molecule has 0 fully saturated rings. The van der Waals surface area contributed by atoms with Gasteiger partial charge in [-0.25, -0.2) is 8.42 Å². The molecular weight excluding hydrogens is 337 g/mol. The summed E-state index contributed by atoms with van der Waals surface area (Å²) in [4.78, 5) is 12.3. The summed E-state index contributed by atoms with van der Waals surface area (Å²) in [6.07, 6.45) is 0. The smallest absolute Gasteiger partial charge is 0.293 e. The Labute approximate surface area is 132 Å². The number of carbonyl (C=O) groups is 1. The molecule has 21 heavy (non-hydrogen) atoms. The van der Waals surface area contributed by atoms with Gasteiger partial charge in [0.25, 0.3) is 15.5 Å². The lowest BCUT2D eigenvalue weighted by atomic mass is 10.2. The summed E-state index contributed by atoms with van der Waals surface area (Å²) >= 11 is 5.74. The van der Waals surface area contributed by atoms with Crippen molar-refractivity contribution in [1.82, 2.24) is 4.98 Å². The van der Waals surface area contributed by atoms with Gasteiger partial charge < -0.3 is 9.72 Å². The van der Waals surface area contributed by atoms with E-state index in [0.717, 1.165) is 5.39 Å². The number of halogens is 2. The second kappa shape index (κ2) is 6.68. The van der Waals surface area contributed by atoms with Crippen LogP contribution in [0, 0.1) is 0 Å². The van der Waals surface area contributed by atoms with Crippen molar-refractivity contribution in [3.05, 3.63) is 29.3 Å². The summed E-state index contributed by atoms with van der Waals surface area (Å²) in [5, 5.41) is 1.28. The second-order valence-corrected chi connectivity index (χ2v) is 8.10. The lowest BCUT2D eigenvalue weighted by Crippen LogP contribution is -2.17. The van der Waals surface area contributed by atoms with E-state index in [1.807, 2.05) is 20.8 Å². The Morgan fingerprint density at radius 2 is 1.86 bits per heavy atom. The number of ether oxygens (including phenoxy) is 1.